The second-order valence-corrected chi connectivity index (χ2v) is 6.14. The maximum absolute atomic E-state index is 12.1. The Hall–Kier alpha value is -3.55. The summed E-state index contributed by atoms with van der Waals surface area (Å²) in [6.07, 6.45) is 0. The lowest BCUT2D eigenvalue weighted by atomic mass is 10.1. The first-order valence-corrected chi connectivity index (χ1v) is 8.17. The molecule has 3 rings (SSSR count). The highest BCUT2D eigenvalue weighted by atomic mass is 16.5. The Morgan fingerprint density at radius 3 is 2.59 bits per heavy atom. The van der Waals surface area contributed by atoms with Gasteiger partial charge < -0.3 is 24.0 Å². The van der Waals surface area contributed by atoms with Gasteiger partial charge in [-0.2, -0.15) is 0 Å². The molecule has 0 unspecified atom stereocenters. The number of benzene rings is 1. The van der Waals surface area contributed by atoms with Crippen LogP contribution >= 0.6 is 0 Å². The maximum Gasteiger partial charge on any atom is 0.371 e. The van der Waals surface area contributed by atoms with Gasteiger partial charge in [-0.1, -0.05) is 0 Å². The quantitative estimate of drug-likeness (QED) is 0.639. The van der Waals surface area contributed by atoms with Gasteiger partial charge in [0.2, 0.25) is 5.76 Å². The number of ether oxygens (including phenoxy) is 1. The number of hydrogen-bond acceptors (Lipinski definition) is 6. The van der Waals surface area contributed by atoms with Gasteiger partial charge in [0.05, 0.1) is 0 Å². The minimum Gasteiger partial charge on any atom is -0.486 e. The van der Waals surface area contributed by atoms with Crippen molar-refractivity contribution in [1.29, 1.82) is 0 Å². The van der Waals surface area contributed by atoms with Crippen LogP contribution in [0.2, 0.25) is 0 Å². The van der Waals surface area contributed by atoms with Crippen LogP contribution in [0.4, 0.5) is 0 Å². The summed E-state index contributed by atoms with van der Waals surface area (Å²) in [5, 5.41) is 12.1. The van der Waals surface area contributed by atoms with E-state index in [1.165, 1.54) is 24.3 Å². The van der Waals surface area contributed by atoms with Crippen LogP contribution in [0, 0.1) is 0 Å². The molecule has 2 heterocycles. The highest BCUT2D eigenvalue weighted by molar-refractivity contribution is 5.96. The van der Waals surface area contributed by atoms with Crippen molar-refractivity contribution >= 4 is 22.8 Å². The SMILES string of the molecule is CC(C)NC(=O)c1cc2ccc(OCc3ccc(C(=O)O)o3)cc2oc1=O. The van der Waals surface area contributed by atoms with Gasteiger partial charge in [0, 0.05) is 17.5 Å². The molecule has 0 spiro atoms. The zero-order valence-corrected chi connectivity index (χ0v) is 14.6. The summed E-state index contributed by atoms with van der Waals surface area (Å²) in [7, 11) is 0. The average Bonchev–Trinajstić information content (AvgIpc) is 3.07. The molecule has 8 heteroatoms. The highest BCUT2D eigenvalue weighted by Gasteiger charge is 2.15. The lowest BCUT2D eigenvalue weighted by Gasteiger charge is -2.08. The molecule has 0 radical (unpaired) electrons. The topological polar surface area (TPSA) is 119 Å². The van der Waals surface area contributed by atoms with Crippen LogP contribution in [0.3, 0.4) is 0 Å². The summed E-state index contributed by atoms with van der Waals surface area (Å²) in [6, 6.07) is 9.02. The molecule has 0 fully saturated rings. The molecule has 0 saturated heterocycles. The first kappa shape index (κ1) is 18.2. The van der Waals surface area contributed by atoms with Gasteiger partial charge in [-0.3, -0.25) is 4.79 Å². The van der Waals surface area contributed by atoms with Crippen LogP contribution in [0.1, 0.15) is 40.5 Å². The van der Waals surface area contributed by atoms with Gasteiger partial charge in [0.1, 0.15) is 29.3 Å². The molecule has 0 bridgehead atoms. The predicted molar refractivity (Wildman–Crippen MR) is 95.1 cm³/mol. The van der Waals surface area contributed by atoms with Gasteiger partial charge in [-0.15, -0.1) is 0 Å². The predicted octanol–water partition coefficient (Wildman–Crippen LogP) is 2.80. The third-order valence-electron chi connectivity index (χ3n) is 3.63. The van der Waals surface area contributed by atoms with Crippen molar-refractivity contribution in [3.8, 4) is 5.75 Å². The fraction of sp³-hybridized carbons (Fsp3) is 0.211. The highest BCUT2D eigenvalue weighted by Crippen LogP contribution is 2.22. The van der Waals surface area contributed by atoms with Crippen molar-refractivity contribution in [2.24, 2.45) is 0 Å². The normalized spacial score (nSPS) is 10.9. The standard InChI is InChI=1S/C19H17NO7/c1-10(2)20-17(21)14-7-11-3-4-12(8-16(11)27-19(14)24)25-9-13-5-6-15(26-13)18(22)23/h3-8,10H,9H2,1-2H3,(H,20,21)(H,22,23). The monoisotopic (exact) mass is 371 g/mol. The number of carbonyl (C=O) groups excluding carboxylic acids is 1. The zero-order valence-electron chi connectivity index (χ0n) is 14.6. The van der Waals surface area contributed by atoms with E-state index in [1.54, 1.807) is 26.0 Å². The van der Waals surface area contributed by atoms with E-state index < -0.39 is 17.5 Å². The van der Waals surface area contributed by atoms with Crippen molar-refractivity contribution in [2.45, 2.75) is 26.5 Å². The molecule has 140 valence electrons. The number of amides is 1. The fourth-order valence-electron chi connectivity index (χ4n) is 2.40. The third-order valence-corrected chi connectivity index (χ3v) is 3.63. The molecule has 0 saturated carbocycles. The third kappa shape index (κ3) is 4.17. The second-order valence-electron chi connectivity index (χ2n) is 6.14. The molecule has 1 aromatic carbocycles. The minimum absolute atomic E-state index is 0.0118. The molecule has 1 amide bonds. The maximum atomic E-state index is 12.1. The van der Waals surface area contributed by atoms with Crippen LogP contribution in [0.15, 0.2) is 50.0 Å². The van der Waals surface area contributed by atoms with Crippen LogP contribution in [-0.2, 0) is 6.61 Å². The fourth-order valence-corrected chi connectivity index (χ4v) is 2.40. The van der Waals surface area contributed by atoms with Crippen LogP contribution in [0.5, 0.6) is 5.75 Å². The van der Waals surface area contributed by atoms with Crippen molar-refractivity contribution in [3.05, 3.63) is 63.9 Å². The summed E-state index contributed by atoms with van der Waals surface area (Å²) in [6.45, 7) is 3.60. The van der Waals surface area contributed by atoms with Crippen LogP contribution < -0.4 is 15.7 Å². The summed E-state index contributed by atoms with van der Waals surface area (Å²) in [5.74, 6) is -1.09. The molecule has 2 N–H and O–H groups in total. The Kier molecular flexibility index (Phi) is 4.98. The second kappa shape index (κ2) is 7.36. The van der Waals surface area contributed by atoms with E-state index in [9.17, 15) is 14.4 Å². The van der Waals surface area contributed by atoms with Gasteiger partial charge >= 0.3 is 11.6 Å². The number of carboxylic acids is 1. The molecular formula is C19H17NO7. The van der Waals surface area contributed by atoms with E-state index in [2.05, 4.69) is 5.32 Å². The Morgan fingerprint density at radius 2 is 1.93 bits per heavy atom. The van der Waals surface area contributed by atoms with Crippen molar-refractivity contribution in [1.82, 2.24) is 5.32 Å². The van der Waals surface area contributed by atoms with E-state index in [0.29, 0.717) is 16.9 Å². The molecule has 0 aliphatic carbocycles. The van der Waals surface area contributed by atoms with E-state index in [-0.39, 0.29) is 29.6 Å². The number of carboxylic acid groups (broad SMARTS) is 1. The largest absolute Gasteiger partial charge is 0.486 e. The van der Waals surface area contributed by atoms with Crippen LogP contribution in [0.25, 0.3) is 11.0 Å². The first-order valence-electron chi connectivity index (χ1n) is 8.17. The molecule has 0 aliphatic heterocycles. The van der Waals surface area contributed by atoms with Crippen molar-refractivity contribution < 1.29 is 28.3 Å². The Morgan fingerprint density at radius 1 is 1.15 bits per heavy atom. The molecule has 3 aromatic rings. The van der Waals surface area contributed by atoms with E-state index in [1.807, 2.05) is 0 Å². The van der Waals surface area contributed by atoms with Gasteiger partial charge in [-0.25, -0.2) is 9.59 Å². The van der Waals surface area contributed by atoms with E-state index in [0.717, 1.165) is 0 Å². The van der Waals surface area contributed by atoms with Gasteiger partial charge in [0.25, 0.3) is 5.91 Å². The Bertz CT molecular complexity index is 1060. The number of rotatable bonds is 6. The molecular weight excluding hydrogens is 354 g/mol. The summed E-state index contributed by atoms with van der Waals surface area (Å²) < 4.78 is 15.9. The minimum atomic E-state index is -1.16. The van der Waals surface area contributed by atoms with Crippen molar-refractivity contribution in [3.63, 3.8) is 0 Å². The van der Waals surface area contributed by atoms with E-state index in [4.69, 9.17) is 18.7 Å². The number of hydrogen-bond donors (Lipinski definition) is 2. The van der Waals surface area contributed by atoms with Crippen LogP contribution in [-0.4, -0.2) is 23.0 Å². The smallest absolute Gasteiger partial charge is 0.371 e. The summed E-state index contributed by atoms with van der Waals surface area (Å²) in [5.41, 5.74) is -0.541. The molecule has 0 atom stereocenters. The summed E-state index contributed by atoms with van der Waals surface area (Å²) in [4.78, 5) is 34.9. The number of fused-ring (bicyclic) bond motifs is 1. The first-order chi connectivity index (χ1) is 12.8. The molecule has 8 nitrogen and oxygen atoms in total. The Labute approximate surface area is 153 Å². The molecule has 0 aliphatic rings. The molecule has 2 aromatic heterocycles. The van der Waals surface area contributed by atoms with E-state index >= 15 is 0 Å². The van der Waals surface area contributed by atoms with Gasteiger partial charge in [0.15, 0.2) is 0 Å². The lowest BCUT2D eigenvalue weighted by Crippen LogP contribution is -2.33. The summed E-state index contributed by atoms with van der Waals surface area (Å²) >= 11 is 0. The average molecular weight is 371 g/mol. The number of nitrogens with one attached hydrogen (secondary N) is 1. The number of carbonyl (C=O) groups is 2. The zero-order chi connectivity index (χ0) is 19.6. The molecule has 27 heavy (non-hydrogen) atoms. The Balaban J connectivity index is 1.79. The number of furan rings is 1. The van der Waals surface area contributed by atoms with Gasteiger partial charge in [-0.05, 0) is 44.2 Å². The lowest BCUT2D eigenvalue weighted by molar-refractivity contribution is 0.0658. The van der Waals surface area contributed by atoms with Crippen molar-refractivity contribution in [2.75, 3.05) is 0 Å². The number of aromatic carboxylic acids is 1.